The van der Waals surface area contributed by atoms with Gasteiger partial charge in [-0.1, -0.05) is 12.1 Å². The molecule has 0 saturated carbocycles. The lowest BCUT2D eigenvalue weighted by Gasteiger charge is -2.35. The van der Waals surface area contributed by atoms with Gasteiger partial charge in [0.25, 0.3) is 0 Å². The van der Waals surface area contributed by atoms with Crippen LogP contribution in [0.5, 0.6) is 0 Å². The fraction of sp³-hybridized carbons (Fsp3) is 0.632. The molecule has 1 aliphatic heterocycles. The molecule has 0 amide bonds. The molecule has 0 radical (unpaired) electrons. The number of ether oxygens (including phenoxy) is 1. The number of sulfonamides is 1. The zero-order valence-electron chi connectivity index (χ0n) is 17.6. The van der Waals surface area contributed by atoms with Gasteiger partial charge in [0, 0.05) is 39.8 Å². The average molecular weight is 560 g/mol. The molecule has 1 N–H and O–H groups in total. The Morgan fingerprint density at radius 2 is 1.90 bits per heavy atom. The molecule has 1 heterocycles. The number of hydrogen-bond acceptors (Lipinski definition) is 4. The first-order valence-corrected chi connectivity index (χ1v) is 11.3. The summed E-state index contributed by atoms with van der Waals surface area (Å²) in [6, 6.07) is 4.12. The van der Waals surface area contributed by atoms with Gasteiger partial charge in [0.05, 0.1) is 18.5 Å². The molecule has 1 fully saturated rings. The lowest BCUT2D eigenvalue weighted by atomic mass is 10.1. The van der Waals surface area contributed by atoms with Crippen LogP contribution < -0.4 is 5.32 Å². The largest absolute Gasteiger partial charge is 0.378 e. The lowest BCUT2D eigenvalue weighted by molar-refractivity contribution is 0.0904. The van der Waals surface area contributed by atoms with Gasteiger partial charge in [-0.15, -0.1) is 24.0 Å². The molecular weight excluding hydrogens is 529 g/mol. The van der Waals surface area contributed by atoms with Gasteiger partial charge < -0.3 is 15.0 Å². The molecule has 0 aromatic heterocycles. The molecule has 2 rings (SSSR count). The van der Waals surface area contributed by atoms with Crippen LogP contribution in [0.25, 0.3) is 0 Å². The summed E-state index contributed by atoms with van der Waals surface area (Å²) in [7, 11) is -1.72. The molecular formula is C19H31F2IN4O3S. The predicted molar refractivity (Wildman–Crippen MR) is 125 cm³/mol. The van der Waals surface area contributed by atoms with E-state index in [-0.39, 0.29) is 42.4 Å². The van der Waals surface area contributed by atoms with Crippen LogP contribution in [-0.4, -0.2) is 81.8 Å². The number of benzene rings is 1. The molecule has 1 aromatic rings. The summed E-state index contributed by atoms with van der Waals surface area (Å²) in [5.74, 6) is -1.10. The maximum Gasteiger partial charge on any atom is 0.216 e. The monoisotopic (exact) mass is 560 g/mol. The minimum Gasteiger partial charge on any atom is -0.378 e. The van der Waals surface area contributed by atoms with Crippen molar-refractivity contribution in [3.8, 4) is 0 Å². The molecule has 1 saturated heterocycles. The minimum absolute atomic E-state index is 0. The Labute approximate surface area is 194 Å². The predicted octanol–water partition coefficient (Wildman–Crippen LogP) is 2.07. The van der Waals surface area contributed by atoms with Crippen LogP contribution in [0.1, 0.15) is 19.4 Å². The number of rotatable bonds is 8. The van der Waals surface area contributed by atoms with Gasteiger partial charge in [0.15, 0.2) is 17.6 Å². The minimum atomic E-state index is -3.35. The summed E-state index contributed by atoms with van der Waals surface area (Å²) < 4.78 is 58.7. The van der Waals surface area contributed by atoms with E-state index < -0.39 is 21.7 Å². The van der Waals surface area contributed by atoms with Gasteiger partial charge in [0.2, 0.25) is 10.0 Å². The summed E-state index contributed by atoms with van der Waals surface area (Å²) in [5, 5.41) is 3.13. The highest BCUT2D eigenvalue weighted by Gasteiger charge is 2.28. The van der Waals surface area contributed by atoms with Crippen LogP contribution in [0.15, 0.2) is 23.2 Å². The second-order valence-corrected chi connectivity index (χ2v) is 9.15. The Morgan fingerprint density at radius 1 is 1.23 bits per heavy atom. The molecule has 7 nitrogen and oxygen atoms in total. The molecule has 11 heteroatoms. The van der Waals surface area contributed by atoms with E-state index in [4.69, 9.17) is 4.74 Å². The number of nitrogens with zero attached hydrogens (tertiary/aromatic N) is 3. The highest BCUT2D eigenvalue weighted by atomic mass is 127. The van der Waals surface area contributed by atoms with Crippen molar-refractivity contribution in [2.75, 3.05) is 52.1 Å². The van der Waals surface area contributed by atoms with Crippen LogP contribution >= 0.6 is 24.0 Å². The summed E-state index contributed by atoms with van der Waals surface area (Å²) >= 11 is 0. The maximum absolute atomic E-state index is 13.7. The van der Waals surface area contributed by atoms with Crippen molar-refractivity contribution in [1.82, 2.24) is 14.5 Å². The van der Waals surface area contributed by atoms with Gasteiger partial charge in [-0.05, 0) is 31.9 Å². The van der Waals surface area contributed by atoms with Crippen molar-refractivity contribution in [3.63, 3.8) is 0 Å². The Balaban J connectivity index is 0.00000450. The molecule has 0 bridgehead atoms. The normalized spacial score (nSPS) is 15.9. The molecule has 0 unspecified atom stereocenters. The van der Waals surface area contributed by atoms with Gasteiger partial charge >= 0.3 is 0 Å². The number of guanidine groups is 1. The van der Waals surface area contributed by atoms with E-state index >= 15 is 0 Å². The SMILES string of the molecule is CN=C(NCCc1cccc(F)c1F)N1CCN(S(=O)(=O)CCOC(C)C)CC1.I. The third-order valence-corrected chi connectivity index (χ3v) is 6.48. The fourth-order valence-corrected chi connectivity index (χ4v) is 4.36. The van der Waals surface area contributed by atoms with Gasteiger partial charge in [-0.3, -0.25) is 4.99 Å². The summed E-state index contributed by atoms with van der Waals surface area (Å²) in [5.41, 5.74) is 0.299. The van der Waals surface area contributed by atoms with Crippen molar-refractivity contribution in [2.45, 2.75) is 26.4 Å². The summed E-state index contributed by atoms with van der Waals surface area (Å²) in [6.45, 7) is 6.03. The molecule has 0 aliphatic carbocycles. The maximum atomic E-state index is 13.7. The number of piperazine rings is 1. The van der Waals surface area contributed by atoms with E-state index in [9.17, 15) is 17.2 Å². The number of hydrogen-bond donors (Lipinski definition) is 1. The van der Waals surface area contributed by atoms with Gasteiger partial charge in [0.1, 0.15) is 0 Å². The zero-order valence-corrected chi connectivity index (χ0v) is 20.8. The van der Waals surface area contributed by atoms with Crippen molar-refractivity contribution in [3.05, 3.63) is 35.4 Å². The van der Waals surface area contributed by atoms with Gasteiger partial charge in [-0.25, -0.2) is 17.2 Å². The second kappa shape index (κ2) is 12.7. The Hall–Kier alpha value is -1.05. The number of aliphatic imine (C=N–C) groups is 1. The lowest BCUT2D eigenvalue weighted by Crippen LogP contribution is -2.54. The summed E-state index contributed by atoms with van der Waals surface area (Å²) in [4.78, 5) is 6.17. The molecule has 1 aromatic carbocycles. The zero-order chi connectivity index (χ0) is 21.4. The second-order valence-electron chi connectivity index (χ2n) is 7.06. The smallest absolute Gasteiger partial charge is 0.216 e. The van der Waals surface area contributed by atoms with Crippen molar-refractivity contribution < 1.29 is 21.9 Å². The molecule has 1 aliphatic rings. The third-order valence-electron chi connectivity index (χ3n) is 4.64. The Morgan fingerprint density at radius 3 is 2.50 bits per heavy atom. The standard InChI is InChI=1S/C19H30F2N4O3S.HI/c1-15(2)28-13-14-29(26,27)25-11-9-24(10-12-25)19(22-3)23-8-7-16-5-4-6-17(20)18(16)21;/h4-6,15H,7-14H2,1-3H3,(H,22,23);1H. The molecule has 172 valence electrons. The van der Waals surface area contributed by atoms with Crippen LogP contribution in [0, 0.1) is 11.6 Å². The van der Waals surface area contributed by atoms with E-state index in [0.717, 1.165) is 6.07 Å². The Bertz CT molecular complexity index is 801. The molecule has 0 atom stereocenters. The highest BCUT2D eigenvalue weighted by molar-refractivity contribution is 14.0. The van der Waals surface area contributed by atoms with E-state index in [1.54, 1.807) is 13.1 Å². The quantitative estimate of drug-likeness (QED) is 0.300. The molecule has 30 heavy (non-hydrogen) atoms. The van der Waals surface area contributed by atoms with E-state index in [1.807, 2.05) is 18.7 Å². The highest BCUT2D eigenvalue weighted by Crippen LogP contribution is 2.12. The van der Waals surface area contributed by atoms with Crippen LogP contribution in [-0.2, 0) is 21.2 Å². The van der Waals surface area contributed by atoms with E-state index in [2.05, 4.69) is 10.3 Å². The number of nitrogens with one attached hydrogen (secondary N) is 1. The van der Waals surface area contributed by atoms with Crippen LogP contribution in [0.2, 0.25) is 0 Å². The first-order chi connectivity index (χ1) is 13.7. The van der Waals surface area contributed by atoms with E-state index in [0.29, 0.717) is 50.7 Å². The fourth-order valence-electron chi connectivity index (χ4n) is 3.08. The van der Waals surface area contributed by atoms with Crippen LogP contribution in [0.4, 0.5) is 8.78 Å². The van der Waals surface area contributed by atoms with Crippen molar-refractivity contribution in [2.24, 2.45) is 4.99 Å². The third kappa shape index (κ3) is 7.89. The Kier molecular flexibility index (Phi) is 11.4. The first kappa shape index (κ1) is 27.0. The number of halogens is 3. The van der Waals surface area contributed by atoms with E-state index in [1.165, 1.54) is 10.4 Å². The van der Waals surface area contributed by atoms with Crippen LogP contribution in [0.3, 0.4) is 0 Å². The van der Waals surface area contributed by atoms with Crippen molar-refractivity contribution in [1.29, 1.82) is 0 Å². The summed E-state index contributed by atoms with van der Waals surface area (Å²) in [6.07, 6.45) is 0.310. The topological polar surface area (TPSA) is 74.2 Å². The first-order valence-electron chi connectivity index (χ1n) is 9.72. The average Bonchev–Trinajstić information content (AvgIpc) is 2.68. The van der Waals surface area contributed by atoms with Crippen molar-refractivity contribution >= 4 is 40.0 Å². The van der Waals surface area contributed by atoms with Gasteiger partial charge in [-0.2, -0.15) is 4.31 Å². The molecule has 0 spiro atoms.